The lowest BCUT2D eigenvalue weighted by Crippen LogP contribution is -2.23. The zero-order valence-corrected chi connectivity index (χ0v) is 15.5. The van der Waals surface area contributed by atoms with E-state index in [0.717, 1.165) is 24.2 Å². The number of aromatic nitrogens is 4. The van der Waals surface area contributed by atoms with E-state index in [4.69, 9.17) is 0 Å². The molecule has 1 aromatic carbocycles. The molecule has 3 aromatic rings. The van der Waals surface area contributed by atoms with Gasteiger partial charge in [-0.2, -0.15) is 0 Å². The summed E-state index contributed by atoms with van der Waals surface area (Å²) in [7, 11) is 0. The second-order valence-corrected chi connectivity index (χ2v) is 7.69. The van der Waals surface area contributed by atoms with Gasteiger partial charge in [-0.3, -0.25) is 14.3 Å². The molecule has 1 fully saturated rings. The Balaban J connectivity index is 1.53. The fraction of sp³-hybridized carbons (Fsp3) is 0.263. The topological polar surface area (TPSA) is 72.7 Å². The lowest BCUT2D eigenvalue weighted by Gasteiger charge is -2.13. The van der Waals surface area contributed by atoms with Crippen LogP contribution in [0, 0.1) is 5.82 Å². The van der Waals surface area contributed by atoms with Gasteiger partial charge >= 0.3 is 0 Å². The first-order valence-electron chi connectivity index (χ1n) is 8.71. The van der Waals surface area contributed by atoms with Crippen molar-refractivity contribution >= 4 is 23.4 Å². The van der Waals surface area contributed by atoms with E-state index < -0.39 is 11.1 Å². The quantitative estimate of drug-likeness (QED) is 0.653. The van der Waals surface area contributed by atoms with Gasteiger partial charge in [0, 0.05) is 24.0 Å². The molecule has 0 radical (unpaired) electrons. The highest BCUT2D eigenvalue weighted by Gasteiger charge is 2.31. The van der Waals surface area contributed by atoms with Crippen LogP contribution in [0.2, 0.25) is 0 Å². The molecule has 0 saturated heterocycles. The zero-order chi connectivity index (χ0) is 18.8. The van der Waals surface area contributed by atoms with Crippen molar-refractivity contribution < 1.29 is 9.18 Å². The summed E-state index contributed by atoms with van der Waals surface area (Å²) in [6.45, 7) is 1.77. The standard InChI is InChI=1S/C19H18FN5OS/c1-12(18(26)22-16-7-3-2-6-15(16)20)27-19-24-23-17(25(19)14-8-9-14)13-5-4-10-21-11-13/h2-7,10-12,14H,8-9H2,1H3,(H,22,26)/t12-/m1/s1. The van der Waals surface area contributed by atoms with Crippen LogP contribution in [0.4, 0.5) is 10.1 Å². The molecule has 4 rings (SSSR count). The largest absolute Gasteiger partial charge is 0.323 e. The number of nitrogens with one attached hydrogen (secondary N) is 1. The number of anilines is 1. The van der Waals surface area contributed by atoms with Crippen molar-refractivity contribution in [3.8, 4) is 11.4 Å². The third-order valence-electron chi connectivity index (χ3n) is 4.28. The molecule has 0 aliphatic heterocycles. The number of pyridine rings is 1. The molecule has 1 atom stereocenters. The second-order valence-electron chi connectivity index (χ2n) is 6.38. The maximum atomic E-state index is 13.8. The summed E-state index contributed by atoms with van der Waals surface area (Å²) in [6.07, 6.45) is 5.60. The van der Waals surface area contributed by atoms with E-state index in [1.807, 2.05) is 12.1 Å². The highest BCUT2D eigenvalue weighted by atomic mass is 32.2. The number of hydrogen-bond donors (Lipinski definition) is 1. The minimum atomic E-state index is -0.455. The Morgan fingerprint density at radius 3 is 2.78 bits per heavy atom. The molecule has 1 saturated carbocycles. The van der Waals surface area contributed by atoms with Gasteiger partial charge in [0.1, 0.15) is 5.82 Å². The first kappa shape index (κ1) is 17.7. The van der Waals surface area contributed by atoms with Crippen molar-refractivity contribution in [1.82, 2.24) is 19.7 Å². The van der Waals surface area contributed by atoms with Gasteiger partial charge < -0.3 is 5.32 Å². The molecule has 1 amide bonds. The lowest BCUT2D eigenvalue weighted by atomic mass is 10.3. The van der Waals surface area contributed by atoms with Crippen LogP contribution in [0.1, 0.15) is 25.8 Å². The Hall–Kier alpha value is -2.74. The van der Waals surface area contributed by atoms with Crippen LogP contribution < -0.4 is 5.32 Å². The SMILES string of the molecule is C[C@@H](Sc1nnc(-c2cccnc2)n1C1CC1)C(=O)Nc1ccccc1F. The summed E-state index contributed by atoms with van der Waals surface area (Å²) in [5, 5.41) is 11.5. The highest BCUT2D eigenvalue weighted by molar-refractivity contribution is 8.00. The van der Waals surface area contributed by atoms with E-state index in [9.17, 15) is 9.18 Å². The van der Waals surface area contributed by atoms with Gasteiger partial charge in [0.2, 0.25) is 5.91 Å². The van der Waals surface area contributed by atoms with Crippen molar-refractivity contribution in [1.29, 1.82) is 0 Å². The van der Waals surface area contributed by atoms with E-state index in [2.05, 4.69) is 25.1 Å². The van der Waals surface area contributed by atoms with Gasteiger partial charge in [0.25, 0.3) is 0 Å². The van der Waals surface area contributed by atoms with Crippen LogP contribution in [-0.2, 0) is 4.79 Å². The van der Waals surface area contributed by atoms with Crippen molar-refractivity contribution in [2.45, 2.75) is 36.2 Å². The first-order valence-corrected chi connectivity index (χ1v) is 9.59. The number of para-hydroxylation sites is 1. The van der Waals surface area contributed by atoms with Crippen molar-refractivity contribution in [3.05, 3.63) is 54.6 Å². The van der Waals surface area contributed by atoms with Crippen LogP contribution in [0.25, 0.3) is 11.4 Å². The molecular formula is C19H18FN5OS. The van der Waals surface area contributed by atoms with Gasteiger partial charge in [0.15, 0.2) is 11.0 Å². The molecule has 1 aliphatic rings. The molecule has 0 spiro atoms. The molecule has 2 aromatic heterocycles. The molecule has 8 heteroatoms. The number of nitrogens with zero attached hydrogens (tertiary/aromatic N) is 4. The second kappa shape index (κ2) is 7.48. The average Bonchev–Trinajstić information content (AvgIpc) is 3.44. The Kier molecular flexibility index (Phi) is 4.89. The summed E-state index contributed by atoms with van der Waals surface area (Å²) < 4.78 is 15.8. The number of hydrogen-bond acceptors (Lipinski definition) is 5. The summed E-state index contributed by atoms with van der Waals surface area (Å²) in [6, 6.07) is 10.3. The molecule has 1 aliphatic carbocycles. The third kappa shape index (κ3) is 3.85. The first-order chi connectivity index (χ1) is 13.1. The Morgan fingerprint density at radius 2 is 2.07 bits per heavy atom. The lowest BCUT2D eigenvalue weighted by molar-refractivity contribution is -0.115. The Morgan fingerprint density at radius 1 is 1.26 bits per heavy atom. The monoisotopic (exact) mass is 383 g/mol. The number of amides is 1. The van der Waals surface area contributed by atoms with Crippen LogP contribution in [0.5, 0.6) is 0 Å². The van der Waals surface area contributed by atoms with Crippen molar-refractivity contribution in [2.75, 3.05) is 5.32 Å². The fourth-order valence-electron chi connectivity index (χ4n) is 2.72. The van der Waals surface area contributed by atoms with Crippen LogP contribution in [-0.4, -0.2) is 30.9 Å². The maximum absolute atomic E-state index is 13.8. The number of carbonyl (C=O) groups excluding carboxylic acids is 1. The maximum Gasteiger partial charge on any atom is 0.237 e. The third-order valence-corrected chi connectivity index (χ3v) is 5.34. The van der Waals surface area contributed by atoms with E-state index in [0.29, 0.717) is 11.2 Å². The highest BCUT2D eigenvalue weighted by Crippen LogP contribution is 2.41. The smallest absolute Gasteiger partial charge is 0.237 e. The number of benzene rings is 1. The zero-order valence-electron chi connectivity index (χ0n) is 14.7. The molecule has 27 heavy (non-hydrogen) atoms. The number of halogens is 1. The molecule has 2 heterocycles. The minimum Gasteiger partial charge on any atom is -0.323 e. The number of rotatable bonds is 6. The van der Waals surface area contributed by atoms with Crippen LogP contribution in [0.3, 0.4) is 0 Å². The van der Waals surface area contributed by atoms with Crippen molar-refractivity contribution in [2.24, 2.45) is 0 Å². The van der Waals surface area contributed by atoms with Crippen LogP contribution in [0.15, 0.2) is 53.9 Å². The molecule has 138 valence electrons. The summed E-state index contributed by atoms with van der Waals surface area (Å²) in [5.74, 6) is 0.0243. The summed E-state index contributed by atoms with van der Waals surface area (Å²) in [5.41, 5.74) is 1.07. The molecule has 0 unspecified atom stereocenters. The minimum absolute atomic E-state index is 0.176. The molecular weight excluding hydrogens is 365 g/mol. The van der Waals surface area contributed by atoms with E-state index in [1.165, 1.54) is 23.9 Å². The Bertz CT molecular complexity index is 958. The van der Waals surface area contributed by atoms with Gasteiger partial charge in [0.05, 0.1) is 10.9 Å². The van der Waals surface area contributed by atoms with E-state index in [-0.39, 0.29) is 11.6 Å². The fourth-order valence-corrected chi connectivity index (χ4v) is 3.64. The van der Waals surface area contributed by atoms with E-state index in [1.54, 1.807) is 31.5 Å². The number of carbonyl (C=O) groups is 1. The summed E-state index contributed by atoms with van der Waals surface area (Å²) in [4.78, 5) is 16.6. The normalized spacial score (nSPS) is 14.7. The molecule has 0 bridgehead atoms. The Labute approximate surface area is 160 Å². The molecule has 6 nitrogen and oxygen atoms in total. The van der Waals surface area contributed by atoms with Gasteiger partial charge in [-0.1, -0.05) is 23.9 Å². The van der Waals surface area contributed by atoms with Gasteiger partial charge in [-0.05, 0) is 44.0 Å². The van der Waals surface area contributed by atoms with Gasteiger partial charge in [-0.15, -0.1) is 10.2 Å². The van der Waals surface area contributed by atoms with E-state index >= 15 is 0 Å². The predicted octanol–water partition coefficient (Wildman–Crippen LogP) is 3.93. The van der Waals surface area contributed by atoms with Crippen molar-refractivity contribution in [3.63, 3.8) is 0 Å². The van der Waals surface area contributed by atoms with Crippen LogP contribution >= 0.6 is 11.8 Å². The number of thioether (sulfide) groups is 1. The average molecular weight is 383 g/mol. The van der Waals surface area contributed by atoms with Gasteiger partial charge in [-0.25, -0.2) is 4.39 Å². The molecule has 1 N–H and O–H groups in total. The predicted molar refractivity (Wildman–Crippen MR) is 102 cm³/mol. The summed E-state index contributed by atoms with van der Waals surface area (Å²) >= 11 is 1.32.